The van der Waals surface area contributed by atoms with Crippen LogP contribution in [0, 0.1) is 0 Å². The van der Waals surface area contributed by atoms with Gasteiger partial charge in [-0.05, 0) is 29.6 Å². The summed E-state index contributed by atoms with van der Waals surface area (Å²) in [6.07, 6.45) is 1.74. The Morgan fingerprint density at radius 3 is 2.66 bits per heavy atom. The summed E-state index contributed by atoms with van der Waals surface area (Å²) in [6, 6.07) is 12.3. The van der Waals surface area contributed by atoms with Gasteiger partial charge in [-0.25, -0.2) is 0 Å². The van der Waals surface area contributed by atoms with Crippen molar-refractivity contribution in [1.29, 1.82) is 0 Å². The smallest absolute Gasteiger partial charge is 0.137 e. The van der Waals surface area contributed by atoms with Crippen molar-refractivity contribution in [2.24, 2.45) is 0 Å². The van der Waals surface area contributed by atoms with E-state index in [4.69, 9.17) is 9.47 Å². The number of pyridine rings is 1. The van der Waals surface area contributed by atoms with E-state index in [0.717, 1.165) is 61.7 Å². The molecule has 7 heteroatoms. The Hall–Kier alpha value is -1.80. The lowest BCUT2D eigenvalue weighted by Gasteiger charge is -2.34. The molecule has 1 aromatic carbocycles. The minimum atomic E-state index is 0.685. The summed E-state index contributed by atoms with van der Waals surface area (Å²) < 4.78 is 12.8. The van der Waals surface area contributed by atoms with Gasteiger partial charge in [-0.2, -0.15) is 0 Å². The number of benzene rings is 1. The Kier molecular flexibility index (Phi) is 7.27. The molecule has 3 aromatic rings. The molecule has 0 radical (unpaired) electrons. The summed E-state index contributed by atoms with van der Waals surface area (Å²) in [5.74, 6) is 2.79. The van der Waals surface area contributed by atoms with Crippen LogP contribution in [0.15, 0.2) is 52.2 Å². The topological polar surface area (TPSA) is 37.8 Å². The number of thioether (sulfide) groups is 1. The molecule has 0 aliphatic carbocycles. The molecule has 5 nitrogen and oxygen atoms in total. The number of methoxy groups -OCH3 is 1. The van der Waals surface area contributed by atoms with E-state index in [9.17, 15) is 0 Å². The second-order valence-electron chi connectivity index (χ2n) is 7.01. The first kappa shape index (κ1) is 20.5. The second kappa shape index (κ2) is 10.3. The molecule has 29 heavy (non-hydrogen) atoms. The van der Waals surface area contributed by atoms with E-state index >= 15 is 0 Å². The fraction of sp³-hybridized carbons (Fsp3) is 0.409. The number of rotatable bonds is 9. The zero-order valence-electron chi connectivity index (χ0n) is 16.8. The highest BCUT2D eigenvalue weighted by Gasteiger charge is 2.16. The van der Waals surface area contributed by atoms with Crippen LogP contribution in [-0.4, -0.2) is 73.5 Å². The van der Waals surface area contributed by atoms with Gasteiger partial charge in [0.05, 0.1) is 23.0 Å². The van der Waals surface area contributed by atoms with Crippen molar-refractivity contribution in [3.05, 3.63) is 48.0 Å². The number of piperazine rings is 1. The summed E-state index contributed by atoms with van der Waals surface area (Å²) in [6.45, 7) is 7.30. The molecule has 1 saturated heterocycles. The van der Waals surface area contributed by atoms with Gasteiger partial charge in [0.15, 0.2) is 0 Å². The molecule has 0 atom stereocenters. The number of nitrogens with zero attached hydrogens (tertiary/aromatic N) is 3. The van der Waals surface area contributed by atoms with Crippen LogP contribution in [-0.2, 0) is 0 Å². The van der Waals surface area contributed by atoms with Crippen LogP contribution >= 0.6 is 23.1 Å². The first-order chi connectivity index (χ1) is 14.3. The fourth-order valence-electron chi connectivity index (χ4n) is 3.48. The predicted molar refractivity (Wildman–Crippen MR) is 122 cm³/mol. The third kappa shape index (κ3) is 5.63. The third-order valence-corrected chi connectivity index (χ3v) is 7.28. The average molecular weight is 430 g/mol. The van der Waals surface area contributed by atoms with Crippen molar-refractivity contribution in [2.45, 2.75) is 4.21 Å². The molecule has 3 heterocycles. The number of thiophene rings is 1. The van der Waals surface area contributed by atoms with Crippen molar-refractivity contribution in [2.75, 3.05) is 58.7 Å². The van der Waals surface area contributed by atoms with E-state index in [-0.39, 0.29) is 0 Å². The molecule has 0 unspecified atom stereocenters. The number of hydrogen-bond acceptors (Lipinski definition) is 7. The zero-order chi connectivity index (χ0) is 19.9. The first-order valence-electron chi connectivity index (χ1n) is 9.98. The normalized spacial score (nSPS) is 15.6. The lowest BCUT2D eigenvalue weighted by Crippen LogP contribution is -2.47. The molecular formula is C22H27N3O2S2. The molecule has 2 aromatic heterocycles. The number of aromatic nitrogens is 1. The summed E-state index contributed by atoms with van der Waals surface area (Å²) in [5.41, 5.74) is 0.928. The van der Waals surface area contributed by atoms with E-state index < -0.39 is 0 Å². The molecule has 154 valence electrons. The van der Waals surface area contributed by atoms with Crippen LogP contribution in [0.3, 0.4) is 0 Å². The minimum absolute atomic E-state index is 0.685. The van der Waals surface area contributed by atoms with Gasteiger partial charge in [-0.15, -0.1) is 23.1 Å². The van der Waals surface area contributed by atoms with Crippen LogP contribution in [0.4, 0.5) is 0 Å². The van der Waals surface area contributed by atoms with Gasteiger partial charge in [0.2, 0.25) is 0 Å². The van der Waals surface area contributed by atoms with Gasteiger partial charge in [0, 0.05) is 50.4 Å². The van der Waals surface area contributed by atoms with Crippen molar-refractivity contribution in [3.8, 4) is 11.5 Å². The maximum absolute atomic E-state index is 6.10. The molecule has 4 rings (SSSR count). The highest BCUT2D eigenvalue weighted by molar-refractivity contribution is 8.01. The minimum Gasteiger partial charge on any atom is -0.495 e. The van der Waals surface area contributed by atoms with Gasteiger partial charge >= 0.3 is 0 Å². The lowest BCUT2D eigenvalue weighted by molar-refractivity contribution is 0.122. The Labute approximate surface area is 180 Å². The fourth-order valence-corrected chi connectivity index (χ4v) is 5.35. The molecule has 1 fully saturated rings. The van der Waals surface area contributed by atoms with Crippen molar-refractivity contribution >= 4 is 34.0 Å². The molecular weight excluding hydrogens is 402 g/mol. The second-order valence-corrected chi connectivity index (χ2v) is 9.35. The van der Waals surface area contributed by atoms with E-state index in [1.54, 1.807) is 13.3 Å². The monoisotopic (exact) mass is 429 g/mol. The number of hydrogen-bond donors (Lipinski definition) is 0. The highest BCUT2D eigenvalue weighted by Crippen LogP contribution is 2.27. The van der Waals surface area contributed by atoms with Crippen molar-refractivity contribution < 1.29 is 9.47 Å². The van der Waals surface area contributed by atoms with Gasteiger partial charge in [-0.1, -0.05) is 12.1 Å². The maximum atomic E-state index is 6.10. The lowest BCUT2D eigenvalue weighted by atomic mass is 10.2. The quantitative estimate of drug-likeness (QED) is 0.477. The Morgan fingerprint density at radius 1 is 1.07 bits per heavy atom. The van der Waals surface area contributed by atoms with Gasteiger partial charge in [-0.3, -0.25) is 14.8 Å². The molecule has 0 saturated carbocycles. The Bertz CT molecular complexity index is 896. The van der Waals surface area contributed by atoms with E-state index in [1.807, 2.05) is 47.4 Å². The summed E-state index contributed by atoms with van der Waals surface area (Å²) >= 11 is 3.80. The van der Waals surface area contributed by atoms with Crippen molar-refractivity contribution in [3.63, 3.8) is 0 Å². The number of fused-ring (bicyclic) bond motifs is 1. The van der Waals surface area contributed by atoms with E-state index in [0.29, 0.717) is 6.61 Å². The zero-order valence-corrected chi connectivity index (χ0v) is 18.4. The first-order valence-corrected chi connectivity index (χ1v) is 11.8. The molecule has 0 N–H and O–H groups in total. The number of ether oxygens (including phenoxy) is 2. The van der Waals surface area contributed by atoms with E-state index in [2.05, 4.69) is 32.3 Å². The molecule has 1 aliphatic heterocycles. The summed E-state index contributed by atoms with van der Waals surface area (Å²) in [4.78, 5) is 9.50. The van der Waals surface area contributed by atoms with Crippen LogP contribution < -0.4 is 9.47 Å². The third-order valence-electron chi connectivity index (χ3n) is 5.17. The average Bonchev–Trinajstić information content (AvgIpc) is 3.28. The molecule has 1 aliphatic rings. The van der Waals surface area contributed by atoms with Crippen LogP contribution in [0.1, 0.15) is 0 Å². The molecule has 0 bridgehead atoms. The van der Waals surface area contributed by atoms with Gasteiger partial charge < -0.3 is 9.47 Å². The van der Waals surface area contributed by atoms with Gasteiger partial charge in [0.25, 0.3) is 0 Å². The maximum Gasteiger partial charge on any atom is 0.137 e. The predicted octanol–water partition coefficient (Wildman–Crippen LogP) is 4.09. The largest absolute Gasteiger partial charge is 0.495 e. The standard InChI is InChI=1S/C22H27N3O2S2/c1-26-18-16-19-20(23-17-18)4-2-5-21(19)27-13-11-24-7-9-25(10-8-24)12-15-29-22-6-3-14-28-22/h2-6,14,16-17H,7-13,15H2,1H3. The Morgan fingerprint density at radius 2 is 1.90 bits per heavy atom. The van der Waals surface area contributed by atoms with Crippen LogP contribution in [0.5, 0.6) is 11.5 Å². The van der Waals surface area contributed by atoms with Crippen LogP contribution in [0.2, 0.25) is 0 Å². The Balaban J connectivity index is 1.19. The van der Waals surface area contributed by atoms with Crippen molar-refractivity contribution in [1.82, 2.24) is 14.8 Å². The highest BCUT2D eigenvalue weighted by atomic mass is 32.2. The van der Waals surface area contributed by atoms with E-state index in [1.165, 1.54) is 9.96 Å². The summed E-state index contributed by atoms with van der Waals surface area (Å²) in [7, 11) is 1.66. The molecule has 0 spiro atoms. The SMILES string of the molecule is COc1cnc2cccc(OCCN3CCN(CCSc4cccs4)CC3)c2c1. The van der Waals surface area contributed by atoms with Crippen LogP contribution in [0.25, 0.3) is 10.9 Å². The summed E-state index contributed by atoms with van der Waals surface area (Å²) in [5, 5.41) is 3.15. The van der Waals surface area contributed by atoms with Gasteiger partial charge in [0.1, 0.15) is 18.1 Å². The molecule has 0 amide bonds.